The van der Waals surface area contributed by atoms with Crippen molar-refractivity contribution >= 4 is 50.5 Å². The number of para-hydroxylation sites is 2. The number of rotatable bonds is 0. The Morgan fingerprint density at radius 1 is 0.829 bits per heavy atom. The van der Waals surface area contributed by atoms with E-state index in [4.69, 9.17) is 14.4 Å². The summed E-state index contributed by atoms with van der Waals surface area (Å²) in [4.78, 5) is 19.1. The minimum absolute atomic E-state index is 0.00514. The van der Waals surface area contributed by atoms with Gasteiger partial charge in [-0.15, -0.1) is 0 Å². The van der Waals surface area contributed by atoms with Gasteiger partial charge in [0.2, 0.25) is 0 Å². The van der Waals surface area contributed by atoms with Crippen molar-refractivity contribution in [3.8, 4) is 0 Å². The number of benzene rings is 3. The molecule has 2 aromatic heterocycles. The van der Waals surface area contributed by atoms with Crippen LogP contribution in [0.3, 0.4) is 0 Å². The smallest absolute Gasteiger partial charge is 0.178 e. The lowest BCUT2D eigenvalue weighted by Gasteiger charge is -2.42. The fourth-order valence-corrected chi connectivity index (χ4v) is 8.95. The molecule has 4 aliphatic heterocycles. The average molecular weight is 537 g/mol. The Labute approximate surface area is 237 Å². The fraction of sp³-hybridized carbons (Fsp3) is 0.235. The zero-order valence-corrected chi connectivity index (χ0v) is 23.3. The summed E-state index contributed by atoms with van der Waals surface area (Å²) in [5.74, 6) is 1.85. The summed E-state index contributed by atoms with van der Waals surface area (Å²) in [5.41, 5.74) is 9.46. The summed E-state index contributed by atoms with van der Waals surface area (Å²) in [6, 6.07) is 21.8. The Morgan fingerprint density at radius 2 is 1.61 bits per heavy atom. The maximum absolute atomic E-state index is 6.64. The van der Waals surface area contributed by atoms with Crippen LogP contribution < -0.4 is 14.7 Å². The SMILES string of the molecule is CN1C=CN2c3c(ccc4c3oc3ccccc34)C3(C)/C(=C4/c5ccccc5N5c6nccnc6N(C)C45)C3(C)C12. The van der Waals surface area contributed by atoms with Crippen LogP contribution in [0.15, 0.2) is 95.4 Å². The second kappa shape index (κ2) is 6.74. The Balaban J connectivity index is 1.30. The molecular weight excluding hydrogens is 508 g/mol. The van der Waals surface area contributed by atoms with Gasteiger partial charge >= 0.3 is 0 Å². The number of furan rings is 1. The van der Waals surface area contributed by atoms with E-state index >= 15 is 0 Å². The summed E-state index contributed by atoms with van der Waals surface area (Å²) in [5, 5.41) is 2.33. The molecule has 1 aliphatic carbocycles. The Hall–Kier alpha value is -4.78. The van der Waals surface area contributed by atoms with E-state index in [9.17, 15) is 0 Å². The van der Waals surface area contributed by atoms with Gasteiger partial charge in [0.25, 0.3) is 0 Å². The maximum Gasteiger partial charge on any atom is 0.178 e. The van der Waals surface area contributed by atoms with Gasteiger partial charge in [-0.05, 0) is 23.3 Å². The van der Waals surface area contributed by atoms with Crippen LogP contribution in [0, 0.1) is 5.41 Å². The van der Waals surface area contributed by atoms with E-state index in [1.54, 1.807) is 12.4 Å². The molecule has 0 N–H and O–H groups in total. The lowest BCUT2D eigenvalue weighted by Crippen LogP contribution is -2.49. The molecule has 0 amide bonds. The van der Waals surface area contributed by atoms with Crippen LogP contribution in [0.5, 0.6) is 0 Å². The standard InChI is InChI=1S/C34H28N6O/c1-33-22-14-13-20-19-9-6-8-12-24(19)41-27(20)26(22)39-18-17-37(3)32(39)34(33,2)28(33)25-21-10-5-7-11-23(21)40-30-29(35-15-16-36-30)38(4)31(25)40/h5-18,31-32H,1-4H3/b28-25+. The summed E-state index contributed by atoms with van der Waals surface area (Å²) < 4.78 is 6.64. The highest BCUT2D eigenvalue weighted by atomic mass is 16.3. The third kappa shape index (κ3) is 2.19. The molecule has 4 atom stereocenters. The topological polar surface area (TPSA) is 51.9 Å². The van der Waals surface area contributed by atoms with Crippen molar-refractivity contribution in [2.24, 2.45) is 5.41 Å². The van der Waals surface area contributed by atoms with Gasteiger partial charge in [-0.25, -0.2) is 9.97 Å². The van der Waals surface area contributed by atoms with Crippen LogP contribution in [-0.2, 0) is 5.41 Å². The molecular formula is C34H28N6O. The first-order chi connectivity index (χ1) is 20.0. The minimum Gasteiger partial charge on any atom is -0.454 e. The lowest BCUT2D eigenvalue weighted by molar-refractivity contribution is 0.225. The van der Waals surface area contributed by atoms with Crippen molar-refractivity contribution in [3.05, 3.63) is 102 Å². The van der Waals surface area contributed by atoms with Crippen molar-refractivity contribution in [2.75, 3.05) is 28.8 Å². The third-order valence-electron chi connectivity index (χ3n) is 10.8. The number of anilines is 4. The van der Waals surface area contributed by atoms with Crippen LogP contribution in [-0.4, -0.2) is 41.3 Å². The number of hydrogen-bond donors (Lipinski definition) is 0. The van der Waals surface area contributed by atoms with Gasteiger partial charge in [0.15, 0.2) is 17.2 Å². The lowest BCUT2D eigenvalue weighted by atomic mass is 9.81. The predicted octanol–water partition coefficient (Wildman–Crippen LogP) is 6.60. The first kappa shape index (κ1) is 22.0. The van der Waals surface area contributed by atoms with Gasteiger partial charge in [-0.3, -0.25) is 4.90 Å². The molecule has 0 bridgehead atoms. The van der Waals surface area contributed by atoms with Crippen LogP contribution in [0.4, 0.5) is 23.0 Å². The highest BCUT2D eigenvalue weighted by Crippen LogP contribution is 2.79. The van der Waals surface area contributed by atoms with Crippen LogP contribution in [0.2, 0.25) is 0 Å². The molecule has 6 heterocycles. The summed E-state index contributed by atoms with van der Waals surface area (Å²) >= 11 is 0. The molecule has 1 fully saturated rings. The van der Waals surface area contributed by atoms with E-state index in [0.717, 1.165) is 28.2 Å². The molecule has 0 spiro atoms. The highest BCUT2D eigenvalue weighted by Gasteiger charge is 2.78. The van der Waals surface area contributed by atoms with E-state index in [1.165, 1.54) is 39.0 Å². The zero-order valence-electron chi connectivity index (χ0n) is 23.3. The molecule has 7 heteroatoms. The molecule has 5 aromatic rings. The minimum atomic E-state index is -0.189. The van der Waals surface area contributed by atoms with E-state index in [0.29, 0.717) is 0 Å². The number of aromatic nitrogens is 2. The first-order valence-corrected chi connectivity index (χ1v) is 14.3. The Bertz CT molecular complexity index is 2080. The fourth-order valence-electron chi connectivity index (χ4n) is 8.95. The molecule has 10 rings (SSSR count). The summed E-state index contributed by atoms with van der Waals surface area (Å²) in [6.45, 7) is 4.92. The van der Waals surface area contributed by atoms with Crippen LogP contribution >= 0.6 is 0 Å². The van der Waals surface area contributed by atoms with Crippen molar-refractivity contribution in [3.63, 3.8) is 0 Å². The van der Waals surface area contributed by atoms with E-state index < -0.39 is 0 Å². The Morgan fingerprint density at radius 3 is 2.49 bits per heavy atom. The molecule has 5 aliphatic rings. The van der Waals surface area contributed by atoms with Gasteiger partial charge in [0, 0.05) is 71.6 Å². The van der Waals surface area contributed by atoms with Crippen molar-refractivity contribution in [1.82, 2.24) is 14.9 Å². The molecule has 0 radical (unpaired) electrons. The second-order valence-corrected chi connectivity index (χ2v) is 12.4. The first-order valence-electron chi connectivity index (χ1n) is 14.3. The average Bonchev–Trinajstić information content (AvgIpc) is 3.52. The van der Waals surface area contributed by atoms with Gasteiger partial charge in [-0.2, -0.15) is 0 Å². The molecule has 1 saturated carbocycles. The molecule has 7 nitrogen and oxygen atoms in total. The van der Waals surface area contributed by atoms with Gasteiger partial charge < -0.3 is 19.1 Å². The largest absolute Gasteiger partial charge is 0.454 e. The number of fused-ring (bicyclic) bond motifs is 15. The van der Waals surface area contributed by atoms with Crippen molar-refractivity contribution in [2.45, 2.75) is 31.6 Å². The number of likely N-dealkylation sites (N-methyl/N-ethyl adjacent to an activating group) is 1. The third-order valence-corrected chi connectivity index (χ3v) is 10.8. The number of nitrogens with zero attached hydrogens (tertiary/aromatic N) is 6. The second-order valence-electron chi connectivity index (χ2n) is 12.4. The van der Waals surface area contributed by atoms with E-state index in [2.05, 4.69) is 121 Å². The molecule has 4 unspecified atom stereocenters. The van der Waals surface area contributed by atoms with Crippen LogP contribution in [0.25, 0.3) is 27.5 Å². The zero-order chi connectivity index (χ0) is 27.4. The van der Waals surface area contributed by atoms with Gasteiger partial charge in [-0.1, -0.05) is 62.4 Å². The highest BCUT2D eigenvalue weighted by molar-refractivity contribution is 6.11. The van der Waals surface area contributed by atoms with Crippen LogP contribution in [0.1, 0.15) is 25.0 Å². The van der Waals surface area contributed by atoms with Gasteiger partial charge in [0.1, 0.15) is 17.9 Å². The molecule has 0 saturated heterocycles. The normalized spacial score (nSPS) is 30.0. The summed E-state index contributed by atoms with van der Waals surface area (Å²) in [7, 11) is 4.36. The summed E-state index contributed by atoms with van der Waals surface area (Å²) in [6.07, 6.45) is 8.18. The predicted molar refractivity (Wildman–Crippen MR) is 162 cm³/mol. The van der Waals surface area contributed by atoms with Crippen molar-refractivity contribution < 1.29 is 4.42 Å². The van der Waals surface area contributed by atoms with E-state index in [1.807, 2.05) is 0 Å². The molecule has 200 valence electrons. The van der Waals surface area contributed by atoms with E-state index in [-0.39, 0.29) is 23.2 Å². The van der Waals surface area contributed by atoms with Gasteiger partial charge in [0.05, 0.1) is 11.4 Å². The molecule has 3 aromatic carbocycles. The molecule has 41 heavy (non-hydrogen) atoms. The number of hydrogen-bond acceptors (Lipinski definition) is 7. The maximum atomic E-state index is 6.64. The monoisotopic (exact) mass is 536 g/mol. The Kier molecular flexibility index (Phi) is 3.61. The quantitative estimate of drug-likeness (QED) is 0.221. The van der Waals surface area contributed by atoms with Crippen molar-refractivity contribution in [1.29, 1.82) is 0 Å².